The van der Waals surface area contributed by atoms with Crippen LogP contribution in [0.5, 0.6) is 0 Å². The van der Waals surface area contributed by atoms with Gasteiger partial charge >= 0.3 is 6.03 Å². The van der Waals surface area contributed by atoms with Crippen molar-refractivity contribution in [3.8, 4) is 11.1 Å². The maximum absolute atomic E-state index is 13.0. The van der Waals surface area contributed by atoms with Crippen LogP contribution in [-0.2, 0) is 0 Å². The third-order valence-electron chi connectivity index (χ3n) is 5.24. The van der Waals surface area contributed by atoms with Crippen molar-refractivity contribution in [3.05, 3.63) is 48.5 Å². The Kier molecular flexibility index (Phi) is 4.10. The molecule has 3 aliphatic rings. The molecule has 1 amide bonds. The first kappa shape index (κ1) is 15.4. The molecule has 2 aromatic rings. The molecule has 4 nitrogen and oxygen atoms in total. The SMILES string of the molecule is O=C(NC1CC2CCN(CC2)C1)n1ccc(-c2ccc(F)cc2)c1. The summed E-state index contributed by atoms with van der Waals surface area (Å²) in [5, 5.41) is 3.17. The number of hydrogen-bond donors (Lipinski definition) is 1. The molecule has 5 rings (SSSR count). The van der Waals surface area contributed by atoms with E-state index in [9.17, 15) is 9.18 Å². The molecule has 0 saturated carbocycles. The molecule has 1 aromatic heterocycles. The van der Waals surface area contributed by atoms with Crippen molar-refractivity contribution < 1.29 is 9.18 Å². The van der Waals surface area contributed by atoms with Gasteiger partial charge in [0.05, 0.1) is 0 Å². The predicted molar refractivity (Wildman–Crippen MR) is 91.3 cm³/mol. The van der Waals surface area contributed by atoms with E-state index in [1.165, 1.54) is 25.0 Å². The molecular formula is C19H22FN3O. The van der Waals surface area contributed by atoms with Crippen LogP contribution < -0.4 is 5.32 Å². The second-order valence-corrected chi connectivity index (χ2v) is 6.94. The van der Waals surface area contributed by atoms with Crippen LogP contribution in [0.3, 0.4) is 0 Å². The second kappa shape index (κ2) is 6.40. The van der Waals surface area contributed by atoms with Crippen LogP contribution in [0.2, 0.25) is 0 Å². The minimum absolute atomic E-state index is 0.0872. The quantitative estimate of drug-likeness (QED) is 0.918. The smallest absolute Gasteiger partial charge is 0.325 e. The summed E-state index contributed by atoms with van der Waals surface area (Å²) in [5.74, 6) is 0.488. The van der Waals surface area contributed by atoms with Crippen LogP contribution in [0.15, 0.2) is 42.7 Å². The Bertz CT molecular complexity index is 702. The summed E-state index contributed by atoms with van der Waals surface area (Å²) in [5.41, 5.74) is 1.82. The van der Waals surface area contributed by atoms with Gasteiger partial charge in [-0.15, -0.1) is 0 Å². The fourth-order valence-electron chi connectivity index (χ4n) is 3.88. The molecule has 1 N–H and O–H groups in total. The summed E-state index contributed by atoms with van der Waals surface area (Å²) in [6.07, 6.45) is 7.15. The number of rotatable bonds is 2. The third-order valence-corrected chi connectivity index (χ3v) is 5.24. The van der Waals surface area contributed by atoms with Gasteiger partial charge in [-0.1, -0.05) is 12.1 Å². The van der Waals surface area contributed by atoms with Gasteiger partial charge in [-0.3, -0.25) is 4.57 Å². The molecule has 2 bridgehead atoms. The van der Waals surface area contributed by atoms with E-state index in [-0.39, 0.29) is 17.9 Å². The van der Waals surface area contributed by atoms with Crippen LogP contribution in [0, 0.1) is 11.7 Å². The molecule has 3 aliphatic heterocycles. The lowest BCUT2D eigenvalue weighted by Gasteiger charge is -2.26. The Hall–Kier alpha value is -2.14. The highest BCUT2D eigenvalue weighted by atomic mass is 19.1. The summed E-state index contributed by atoms with van der Waals surface area (Å²) in [6, 6.07) is 8.34. The second-order valence-electron chi connectivity index (χ2n) is 6.94. The highest BCUT2D eigenvalue weighted by molar-refractivity contribution is 5.79. The molecule has 3 fully saturated rings. The van der Waals surface area contributed by atoms with Gasteiger partial charge in [0.1, 0.15) is 5.82 Å². The van der Waals surface area contributed by atoms with Gasteiger partial charge in [-0.25, -0.2) is 9.18 Å². The molecule has 4 heterocycles. The van der Waals surface area contributed by atoms with E-state index in [0.29, 0.717) is 0 Å². The number of amides is 1. The Balaban J connectivity index is 1.44. The number of nitrogens with zero attached hydrogens (tertiary/aromatic N) is 2. The van der Waals surface area contributed by atoms with Gasteiger partial charge in [-0.05, 0) is 67.6 Å². The summed E-state index contributed by atoms with van der Waals surface area (Å²) < 4.78 is 14.6. The van der Waals surface area contributed by atoms with E-state index in [0.717, 1.165) is 43.1 Å². The van der Waals surface area contributed by atoms with Gasteiger partial charge < -0.3 is 10.2 Å². The first-order valence-corrected chi connectivity index (χ1v) is 8.64. The molecule has 0 aliphatic carbocycles. The zero-order chi connectivity index (χ0) is 16.5. The Morgan fingerprint density at radius 3 is 2.58 bits per heavy atom. The molecular weight excluding hydrogens is 305 g/mol. The number of aromatic nitrogens is 1. The number of piperidine rings is 1. The van der Waals surface area contributed by atoms with E-state index in [1.54, 1.807) is 29.1 Å². The minimum Gasteiger partial charge on any atom is -0.333 e. The third kappa shape index (κ3) is 3.22. The van der Waals surface area contributed by atoms with Crippen LogP contribution in [0.1, 0.15) is 19.3 Å². The fraction of sp³-hybridized carbons (Fsp3) is 0.421. The molecule has 126 valence electrons. The number of nitrogens with one attached hydrogen (secondary N) is 1. The van der Waals surface area contributed by atoms with E-state index in [4.69, 9.17) is 0 Å². The standard InChI is InChI=1S/C19H22FN3O/c20-17-3-1-15(2-4-17)16-7-10-23(12-16)19(24)21-18-11-14-5-8-22(13-18)9-6-14/h1-4,7,10,12,14,18H,5-6,8-9,11,13H2,(H,21,24). The van der Waals surface area contributed by atoms with Gasteiger partial charge in [0.2, 0.25) is 0 Å². The average molecular weight is 327 g/mol. The number of carbonyl (C=O) groups excluding carboxylic acids is 1. The van der Waals surface area contributed by atoms with Gasteiger partial charge in [-0.2, -0.15) is 0 Å². The number of halogens is 1. The van der Waals surface area contributed by atoms with E-state index >= 15 is 0 Å². The van der Waals surface area contributed by atoms with Gasteiger partial charge in [0.25, 0.3) is 0 Å². The summed E-state index contributed by atoms with van der Waals surface area (Å²) in [6.45, 7) is 3.28. The van der Waals surface area contributed by atoms with Crippen molar-refractivity contribution in [1.29, 1.82) is 0 Å². The normalized spacial score (nSPS) is 26.1. The summed E-state index contributed by atoms with van der Waals surface area (Å²) >= 11 is 0. The molecule has 3 saturated heterocycles. The van der Waals surface area contributed by atoms with Crippen molar-refractivity contribution in [2.45, 2.75) is 25.3 Å². The maximum atomic E-state index is 13.0. The Labute approximate surface area is 141 Å². The van der Waals surface area contributed by atoms with Crippen molar-refractivity contribution in [2.75, 3.05) is 19.6 Å². The number of fused-ring (bicyclic) bond motifs is 4. The number of hydrogen-bond acceptors (Lipinski definition) is 2. The van der Waals surface area contributed by atoms with Crippen LogP contribution in [0.25, 0.3) is 11.1 Å². The average Bonchev–Trinajstić information content (AvgIpc) is 2.91. The summed E-state index contributed by atoms with van der Waals surface area (Å²) in [4.78, 5) is 15.0. The molecule has 1 atom stereocenters. The number of benzene rings is 1. The molecule has 5 heteroatoms. The van der Waals surface area contributed by atoms with Crippen molar-refractivity contribution in [3.63, 3.8) is 0 Å². The van der Waals surface area contributed by atoms with E-state index in [2.05, 4.69) is 10.2 Å². The minimum atomic E-state index is -0.256. The molecule has 1 aromatic carbocycles. The lowest BCUT2D eigenvalue weighted by molar-refractivity contribution is 0.217. The van der Waals surface area contributed by atoms with Crippen molar-refractivity contribution in [1.82, 2.24) is 14.8 Å². The Morgan fingerprint density at radius 2 is 1.83 bits per heavy atom. The molecule has 1 unspecified atom stereocenters. The van der Waals surface area contributed by atoms with E-state index < -0.39 is 0 Å². The zero-order valence-electron chi connectivity index (χ0n) is 13.6. The maximum Gasteiger partial charge on any atom is 0.325 e. The number of carbonyl (C=O) groups is 1. The molecule has 0 spiro atoms. The molecule has 24 heavy (non-hydrogen) atoms. The van der Waals surface area contributed by atoms with Crippen LogP contribution in [-0.4, -0.2) is 41.2 Å². The first-order valence-electron chi connectivity index (χ1n) is 8.64. The lowest BCUT2D eigenvalue weighted by Crippen LogP contribution is -2.43. The monoisotopic (exact) mass is 327 g/mol. The topological polar surface area (TPSA) is 37.3 Å². The highest BCUT2D eigenvalue weighted by Gasteiger charge is 2.29. The Morgan fingerprint density at radius 1 is 1.08 bits per heavy atom. The van der Waals surface area contributed by atoms with Crippen LogP contribution >= 0.6 is 0 Å². The first-order chi connectivity index (χ1) is 11.7. The largest absolute Gasteiger partial charge is 0.333 e. The predicted octanol–water partition coefficient (Wildman–Crippen LogP) is 3.34. The van der Waals surface area contributed by atoms with Crippen molar-refractivity contribution >= 4 is 6.03 Å². The lowest BCUT2D eigenvalue weighted by atomic mass is 9.94. The van der Waals surface area contributed by atoms with Crippen molar-refractivity contribution in [2.24, 2.45) is 5.92 Å². The summed E-state index contributed by atoms with van der Waals surface area (Å²) in [7, 11) is 0. The highest BCUT2D eigenvalue weighted by Crippen LogP contribution is 2.27. The fourth-order valence-corrected chi connectivity index (χ4v) is 3.88. The van der Waals surface area contributed by atoms with E-state index in [1.807, 2.05) is 6.07 Å². The van der Waals surface area contributed by atoms with Crippen LogP contribution in [0.4, 0.5) is 9.18 Å². The van der Waals surface area contributed by atoms with Gasteiger partial charge in [0, 0.05) is 25.0 Å². The molecule has 0 radical (unpaired) electrons. The van der Waals surface area contributed by atoms with Gasteiger partial charge in [0.15, 0.2) is 0 Å². The zero-order valence-corrected chi connectivity index (χ0v) is 13.6.